The summed E-state index contributed by atoms with van der Waals surface area (Å²) in [6.07, 6.45) is 0.306. The number of nitrogens with zero attached hydrogens (tertiary/aromatic N) is 3. The number of benzene rings is 1. The first-order valence-corrected chi connectivity index (χ1v) is 10.5. The number of esters is 1. The van der Waals surface area contributed by atoms with Gasteiger partial charge >= 0.3 is 17.8 Å². The van der Waals surface area contributed by atoms with Gasteiger partial charge in [0, 0.05) is 30.8 Å². The third kappa shape index (κ3) is 4.66. The Balaban J connectivity index is 1.33. The number of aromatic nitrogens is 2. The summed E-state index contributed by atoms with van der Waals surface area (Å²) in [5.41, 5.74) is 1.18. The first-order chi connectivity index (χ1) is 15.4. The van der Waals surface area contributed by atoms with Gasteiger partial charge in [-0.1, -0.05) is 5.16 Å². The topological polar surface area (TPSA) is 135 Å². The van der Waals surface area contributed by atoms with Crippen molar-refractivity contribution in [3.8, 4) is 11.4 Å². The number of aromatic amines is 1. The van der Waals surface area contributed by atoms with Crippen molar-refractivity contribution < 1.29 is 28.4 Å². The Bertz CT molecular complexity index is 1040. The Kier molecular flexibility index (Phi) is 6.24. The second kappa shape index (κ2) is 9.25. The highest BCUT2D eigenvalue weighted by molar-refractivity contribution is 5.95. The molecule has 1 N–H and O–H groups in total. The van der Waals surface area contributed by atoms with Gasteiger partial charge in [0.2, 0.25) is 0 Å². The maximum Gasteiger partial charge on any atom is 0.439 e. The number of cyclic esters (lactones) is 1. The zero-order chi connectivity index (χ0) is 22.7. The molecule has 170 valence electrons. The minimum Gasteiger partial charge on any atom is -0.466 e. The molecule has 2 aliphatic heterocycles. The molecule has 2 amide bonds. The van der Waals surface area contributed by atoms with Gasteiger partial charge < -0.3 is 14.4 Å². The van der Waals surface area contributed by atoms with Gasteiger partial charge in [-0.2, -0.15) is 0 Å². The van der Waals surface area contributed by atoms with Crippen molar-refractivity contribution in [2.24, 2.45) is 5.92 Å². The van der Waals surface area contributed by atoms with E-state index in [2.05, 4.69) is 14.7 Å². The summed E-state index contributed by atoms with van der Waals surface area (Å²) >= 11 is 0. The molecule has 1 aromatic heterocycles. The second-order valence-corrected chi connectivity index (χ2v) is 7.75. The zero-order valence-corrected chi connectivity index (χ0v) is 17.6. The number of anilines is 1. The van der Waals surface area contributed by atoms with Crippen molar-refractivity contribution in [1.82, 2.24) is 15.0 Å². The highest BCUT2D eigenvalue weighted by atomic mass is 16.6. The Labute approximate surface area is 183 Å². The van der Waals surface area contributed by atoms with Crippen LogP contribution in [0.3, 0.4) is 0 Å². The summed E-state index contributed by atoms with van der Waals surface area (Å²) < 4.78 is 14.8. The minimum absolute atomic E-state index is 0.112. The molecule has 0 saturated carbocycles. The number of hydrogen-bond acceptors (Lipinski definition) is 8. The van der Waals surface area contributed by atoms with E-state index in [4.69, 9.17) is 9.47 Å². The average Bonchev–Trinajstić information content (AvgIpc) is 3.40. The van der Waals surface area contributed by atoms with E-state index < -0.39 is 18.0 Å². The first kappa shape index (κ1) is 21.6. The molecule has 0 bridgehead atoms. The summed E-state index contributed by atoms with van der Waals surface area (Å²) in [5.74, 6) is -0.617. The summed E-state index contributed by atoms with van der Waals surface area (Å²) in [6, 6.07) is 6.72. The standard InChI is InChI=1S/C21H24N4O7/c1-2-30-17(26)11-13-7-9-24(10-8-13)19(27)16-12-25(21(29)31-16)15-5-3-14(4-6-15)18-22-20(28)32-23-18/h3-6,13,16H,2,7-12H2,1H3,(H,22,23,28). The molecule has 2 fully saturated rings. The number of nitrogens with one attached hydrogen (secondary N) is 1. The summed E-state index contributed by atoms with van der Waals surface area (Å²) in [7, 11) is 0. The predicted octanol–water partition coefficient (Wildman–Crippen LogP) is 1.55. The SMILES string of the molecule is CCOC(=O)CC1CCN(C(=O)C2CN(c3ccc(-c4noc(=O)[nH]4)cc3)C(=O)O2)CC1. The number of piperidine rings is 1. The average molecular weight is 444 g/mol. The van der Waals surface area contributed by atoms with Crippen LogP contribution in [-0.4, -0.2) is 65.4 Å². The third-order valence-corrected chi connectivity index (χ3v) is 5.67. The molecule has 2 aromatic rings. The molecule has 1 aromatic carbocycles. The van der Waals surface area contributed by atoms with Crippen LogP contribution in [0.2, 0.25) is 0 Å². The van der Waals surface area contributed by atoms with Crippen LogP contribution in [0.25, 0.3) is 11.4 Å². The first-order valence-electron chi connectivity index (χ1n) is 10.5. The van der Waals surface area contributed by atoms with Gasteiger partial charge in [0.25, 0.3) is 5.91 Å². The van der Waals surface area contributed by atoms with Crippen LogP contribution in [0.15, 0.2) is 33.6 Å². The lowest BCUT2D eigenvalue weighted by Crippen LogP contribution is -2.45. The molecule has 1 atom stereocenters. The Morgan fingerprint density at radius 2 is 1.91 bits per heavy atom. The van der Waals surface area contributed by atoms with Gasteiger partial charge in [-0.05, 0) is 49.9 Å². The molecule has 2 aliphatic rings. The zero-order valence-electron chi connectivity index (χ0n) is 17.6. The van der Waals surface area contributed by atoms with Gasteiger partial charge in [0.15, 0.2) is 11.9 Å². The highest BCUT2D eigenvalue weighted by Crippen LogP contribution is 2.27. The monoisotopic (exact) mass is 444 g/mol. The summed E-state index contributed by atoms with van der Waals surface area (Å²) in [4.78, 5) is 53.5. The number of rotatable bonds is 6. The van der Waals surface area contributed by atoms with Crippen molar-refractivity contribution in [1.29, 1.82) is 0 Å². The minimum atomic E-state index is -0.879. The number of ether oxygens (including phenoxy) is 2. The number of carbonyl (C=O) groups excluding carboxylic acids is 3. The molecule has 0 radical (unpaired) electrons. The normalized spacial score (nSPS) is 19.2. The molecule has 2 saturated heterocycles. The van der Waals surface area contributed by atoms with Gasteiger partial charge in [-0.3, -0.25) is 24.0 Å². The number of amides is 2. The molecule has 0 spiro atoms. The number of hydrogen-bond donors (Lipinski definition) is 1. The molecule has 11 nitrogen and oxygen atoms in total. The van der Waals surface area contributed by atoms with Crippen LogP contribution < -0.4 is 10.7 Å². The lowest BCUT2D eigenvalue weighted by atomic mass is 9.93. The Morgan fingerprint density at radius 3 is 2.53 bits per heavy atom. The second-order valence-electron chi connectivity index (χ2n) is 7.75. The predicted molar refractivity (Wildman–Crippen MR) is 111 cm³/mol. The largest absolute Gasteiger partial charge is 0.466 e. The van der Waals surface area contributed by atoms with Gasteiger partial charge in [0.05, 0.1) is 13.2 Å². The molecule has 4 rings (SSSR count). The third-order valence-electron chi connectivity index (χ3n) is 5.67. The fourth-order valence-corrected chi connectivity index (χ4v) is 3.97. The summed E-state index contributed by atoms with van der Waals surface area (Å²) in [5, 5.41) is 3.62. The number of H-pyrrole nitrogens is 1. The van der Waals surface area contributed by atoms with Gasteiger partial charge in [-0.25, -0.2) is 9.59 Å². The van der Waals surface area contributed by atoms with E-state index in [1.165, 1.54) is 4.90 Å². The van der Waals surface area contributed by atoms with E-state index in [9.17, 15) is 19.2 Å². The molecular weight excluding hydrogens is 420 g/mol. The number of carbonyl (C=O) groups is 3. The van der Waals surface area contributed by atoms with Crippen molar-refractivity contribution in [3.63, 3.8) is 0 Å². The molecule has 32 heavy (non-hydrogen) atoms. The lowest BCUT2D eigenvalue weighted by molar-refractivity contribution is -0.145. The molecule has 3 heterocycles. The van der Waals surface area contributed by atoms with E-state index in [1.807, 2.05) is 0 Å². The van der Waals surface area contributed by atoms with E-state index in [0.717, 1.165) is 0 Å². The van der Waals surface area contributed by atoms with Crippen LogP contribution in [0.4, 0.5) is 10.5 Å². The van der Waals surface area contributed by atoms with Gasteiger partial charge in [-0.15, -0.1) is 0 Å². The van der Waals surface area contributed by atoms with Crippen molar-refractivity contribution in [2.75, 3.05) is 31.1 Å². The lowest BCUT2D eigenvalue weighted by Gasteiger charge is -2.32. The van der Waals surface area contributed by atoms with Crippen LogP contribution in [0, 0.1) is 5.92 Å². The Morgan fingerprint density at radius 1 is 1.19 bits per heavy atom. The van der Waals surface area contributed by atoms with E-state index in [0.29, 0.717) is 50.2 Å². The van der Waals surface area contributed by atoms with Crippen LogP contribution >= 0.6 is 0 Å². The van der Waals surface area contributed by atoms with Crippen molar-refractivity contribution in [2.45, 2.75) is 32.3 Å². The molecular formula is C21H24N4O7. The van der Waals surface area contributed by atoms with Gasteiger partial charge in [0.1, 0.15) is 0 Å². The fourth-order valence-electron chi connectivity index (χ4n) is 3.97. The number of likely N-dealkylation sites (tertiary alicyclic amines) is 1. The fraction of sp³-hybridized carbons (Fsp3) is 0.476. The Hall–Kier alpha value is -3.63. The van der Waals surface area contributed by atoms with Crippen LogP contribution in [0.5, 0.6) is 0 Å². The van der Waals surface area contributed by atoms with E-state index >= 15 is 0 Å². The van der Waals surface area contributed by atoms with Crippen molar-refractivity contribution >= 4 is 23.7 Å². The van der Waals surface area contributed by atoms with E-state index in [1.54, 1.807) is 36.1 Å². The quantitative estimate of drug-likeness (QED) is 0.663. The van der Waals surface area contributed by atoms with Crippen molar-refractivity contribution in [3.05, 3.63) is 34.8 Å². The molecule has 0 aliphatic carbocycles. The molecule has 11 heteroatoms. The maximum atomic E-state index is 12.9. The highest BCUT2D eigenvalue weighted by Gasteiger charge is 2.40. The molecule has 1 unspecified atom stereocenters. The summed E-state index contributed by atoms with van der Waals surface area (Å²) in [6.45, 7) is 3.28. The van der Waals surface area contributed by atoms with Crippen LogP contribution in [0.1, 0.15) is 26.2 Å². The maximum absolute atomic E-state index is 12.9. The van der Waals surface area contributed by atoms with Crippen LogP contribution in [-0.2, 0) is 19.1 Å². The smallest absolute Gasteiger partial charge is 0.439 e. The van der Waals surface area contributed by atoms with E-state index in [-0.39, 0.29) is 30.2 Å².